The molecular weight excluding hydrogens is 624 g/mol. The SMILES string of the molecule is C=CCN1CC[C@]23c4c5c(O)cc(OC(C)=O)c4O[C@H]2[C@@H](N(CCCCc2ccccc2)C(=O)CCCCCc2ccccc2)CC[C@H]3[C@H]1C5. The van der Waals surface area contributed by atoms with E-state index in [0.717, 1.165) is 94.8 Å². The fourth-order valence-electron chi connectivity index (χ4n) is 9.89. The molecule has 7 nitrogen and oxygen atoms in total. The highest BCUT2D eigenvalue weighted by molar-refractivity contribution is 5.77. The van der Waals surface area contributed by atoms with Crippen LogP contribution in [0.5, 0.6) is 17.2 Å². The molecule has 2 heterocycles. The Balaban J connectivity index is 1.16. The molecule has 2 aliphatic heterocycles. The average Bonchev–Trinajstić information content (AvgIpc) is 3.46. The number of aromatic hydroxyl groups is 1. The van der Waals surface area contributed by atoms with E-state index in [-0.39, 0.29) is 35.3 Å². The fourth-order valence-corrected chi connectivity index (χ4v) is 9.89. The van der Waals surface area contributed by atoms with Crippen molar-refractivity contribution in [2.75, 3.05) is 19.6 Å². The smallest absolute Gasteiger partial charge is 0.308 e. The number of phenolic OH excluding ortho intramolecular Hbond substituents is 1. The molecule has 3 aromatic carbocycles. The van der Waals surface area contributed by atoms with Crippen LogP contribution in [0.2, 0.25) is 0 Å². The third-order valence-electron chi connectivity index (χ3n) is 12.0. The molecule has 1 saturated heterocycles. The van der Waals surface area contributed by atoms with Gasteiger partial charge in [-0.2, -0.15) is 0 Å². The summed E-state index contributed by atoms with van der Waals surface area (Å²) in [5.74, 6) is 1.14. The molecule has 2 fully saturated rings. The number of carbonyl (C=O) groups excluding carboxylic acids is 2. The molecule has 0 aromatic heterocycles. The van der Waals surface area contributed by atoms with Crippen molar-refractivity contribution in [3.05, 3.63) is 102 Å². The van der Waals surface area contributed by atoms with Gasteiger partial charge in [-0.15, -0.1) is 6.58 Å². The average molecular weight is 677 g/mol. The lowest BCUT2D eigenvalue weighted by atomic mass is 9.50. The molecule has 0 radical (unpaired) electrons. The van der Waals surface area contributed by atoms with Crippen molar-refractivity contribution in [3.63, 3.8) is 0 Å². The van der Waals surface area contributed by atoms with E-state index < -0.39 is 5.97 Å². The lowest BCUT2D eigenvalue weighted by Crippen LogP contribution is -2.69. The molecule has 5 atom stereocenters. The van der Waals surface area contributed by atoms with Gasteiger partial charge in [0.05, 0.1) is 6.04 Å². The first kappa shape index (κ1) is 34.4. The summed E-state index contributed by atoms with van der Waals surface area (Å²) in [4.78, 5) is 31.3. The van der Waals surface area contributed by atoms with Crippen molar-refractivity contribution < 1.29 is 24.2 Å². The molecule has 4 aliphatic rings. The maximum absolute atomic E-state index is 14.4. The number of benzene rings is 3. The van der Waals surface area contributed by atoms with Crippen molar-refractivity contribution in [1.29, 1.82) is 0 Å². The Kier molecular flexibility index (Phi) is 10.3. The van der Waals surface area contributed by atoms with E-state index in [1.807, 2.05) is 6.08 Å². The van der Waals surface area contributed by atoms with Gasteiger partial charge in [0.15, 0.2) is 11.5 Å². The monoisotopic (exact) mass is 676 g/mol. The van der Waals surface area contributed by atoms with E-state index in [0.29, 0.717) is 30.4 Å². The maximum atomic E-state index is 14.4. The number of hydrogen-bond acceptors (Lipinski definition) is 6. The van der Waals surface area contributed by atoms with Crippen LogP contribution in [0.4, 0.5) is 0 Å². The third kappa shape index (κ3) is 6.57. The van der Waals surface area contributed by atoms with Crippen molar-refractivity contribution in [2.24, 2.45) is 5.92 Å². The van der Waals surface area contributed by atoms with Crippen LogP contribution in [0, 0.1) is 5.92 Å². The molecule has 50 heavy (non-hydrogen) atoms. The maximum Gasteiger partial charge on any atom is 0.308 e. The summed E-state index contributed by atoms with van der Waals surface area (Å²) < 4.78 is 12.7. The van der Waals surface area contributed by atoms with Crippen LogP contribution in [0.15, 0.2) is 79.4 Å². The van der Waals surface area contributed by atoms with Crippen molar-refractivity contribution in [2.45, 2.75) is 108 Å². The van der Waals surface area contributed by atoms with Gasteiger partial charge in [0, 0.05) is 55.1 Å². The van der Waals surface area contributed by atoms with E-state index in [9.17, 15) is 14.7 Å². The van der Waals surface area contributed by atoms with Gasteiger partial charge < -0.3 is 19.5 Å². The first-order chi connectivity index (χ1) is 24.4. The fraction of sp³-hybridized carbons (Fsp3) is 0.488. The molecule has 0 unspecified atom stereocenters. The number of phenols is 1. The number of rotatable bonds is 15. The summed E-state index contributed by atoms with van der Waals surface area (Å²) in [5, 5.41) is 11.4. The molecule has 3 aromatic rings. The Morgan fingerprint density at radius 3 is 2.38 bits per heavy atom. The van der Waals surface area contributed by atoms with Crippen LogP contribution in [0.1, 0.15) is 87.0 Å². The minimum Gasteiger partial charge on any atom is -0.508 e. The highest BCUT2D eigenvalue weighted by atomic mass is 16.6. The van der Waals surface area contributed by atoms with Crippen LogP contribution in [0.3, 0.4) is 0 Å². The zero-order valence-corrected chi connectivity index (χ0v) is 29.5. The van der Waals surface area contributed by atoms with Crippen LogP contribution in [-0.2, 0) is 34.3 Å². The van der Waals surface area contributed by atoms with Gasteiger partial charge in [-0.1, -0.05) is 73.2 Å². The number of amides is 1. The normalized spacial score (nSPS) is 24.6. The van der Waals surface area contributed by atoms with Gasteiger partial charge in [0.1, 0.15) is 11.9 Å². The predicted molar refractivity (Wildman–Crippen MR) is 196 cm³/mol. The van der Waals surface area contributed by atoms with E-state index in [1.54, 1.807) is 6.07 Å². The van der Waals surface area contributed by atoms with Crippen LogP contribution < -0.4 is 9.47 Å². The lowest BCUT2D eigenvalue weighted by molar-refractivity contribution is -0.142. The number of nitrogens with zero attached hydrogens (tertiary/aromatic N) is 2. The Bertz CT molecular complexity index is 1680. The van der Waals surface area contributed by atoms with E-state index in [2.05, 4.69) is 77.0 Å². The Hall–Kier alpha value is -4.10. The summed E-state index contributed by atoms with van der Waals surface area (Å²) in [5.41, 5.74) is 4.24. The summed E-state index contributed by atoms with van der Waals surface area (Å²) in [6.45, 7) is 7.81. The highest BCUT2D eigenvalue weighted by Gasteiger charge is 2.67. The Labute approximate surface area is 297 Å². The van der Waals surface area contributed by atoms with Crippen LogP contribution in [0.25, 0.3) is 0 Å². The summed E-state index contributed by atoms with van der Waals surface area (Å²) in [7, 11) is 0. The molecule has 2 aliphatic carbocycles. The topological polar surface area (TPSA) is 79.3 Å². The lowest BCUT2D eigenvalue weighted by Gasteiger charge is -2.60. The quantitative estimate of drug-likeness (QED) is 0.0775. The molecule has 1 saturated carbocycles. The van der Waals surface area contributed by atoms with E-state index in [4.69, 9.17) is 9.47 Å². The van der Waals surface area contributed by atoms with Gasteiger partial charge in [-0.05, 0) is 87.8 Å². The molecule has 1 N–H and O–H groups in total. The highest BCUT2D eigenvalue weighted by Crippen LogP contribution is 2.65. The number of unbranched alkanes of at least 4 members (excludes halogenated alkanes) is 3. The second-order valence-corrected chi connectivity index (χ2v) is 14.9. The second kappa shape index (κ2) is 15.0. The standard InChI is InChI=1S/C43H52N2O5/c1-3-25-44-27-24-43-34-22-23-35(42(43)50-41-38(49-30(2)46)29-37(47)33(40(41)43)28-36(34)44)45(26-14-13-20-32-17-9-5-10-18-32)39(48)21-12-6-11-19-31-15-7-4-8-16-31/h3-5,7-10,15-18,29,34-36,42,47H,1,6,11-14,19-28H2,2H3/t34-,35-,36+,42-,43-/m0/s1. The van der Waals surface area contributed by atoms with Gasteiger partial charge in [0.25, 0.3) is 0 Å². The number of likely N-dealkylation sites (tertiary alicyclic amines) is 1. The second-order valence-electron chi connectivity index (χ2n) is 14.9. The van der Waals surface area contributed by atoms with Gasteiger partial charge in [-0.25, -0.2) is 0 Å². The van der Waals surface area contributed by atoms with Crippen LogP contribution in [-0.4, -0.2) is 64.6 Å². The predicted octanol–water partition coefficient (Wildman–Crippen LogP) is 7.57. The first-order valence-corrected chi connectivity index (χ1v) is 18.9. The molecule has 7 rings (SSSR count). The largest absolute Gasteiger partial charge is 0.508 e. The Morgan fingerprint density at radius 2 is 1.70 bits per heavy atom. The molecule has 264 valence electrons. The molecule has 1 amide bonds. The number of esters is 1. The zero-order valence-electron chi connectivity index (χ0n) is 29.5. The van der Waals surface area contributed by atoms with E-state index >= 15 is 0 Å². The van der Waals surface area contributed by atoms with Crippen molar-refractivity contribution in [3.8, 4) is 17.2 Å². The molecule has 7 heteroatoms. The van der Waals surface area contributed by atoms with Gasteiger partial charge >= 0.3 is 5.97 Å². The molecule has 2 bridgehead atoms. The minimum absolute atomic E-state index is 0.0999. The van der Waals surface area contributed by atoms with Gasteiger partial charge in [-0.3, -0.25) is 14.5 Å². The van der Waals surface area contributed by atoms with Crippen molar-refractivity contribution in [1.82, 2.24) is 9.80 Å². The van der Waals surface area contributed by atoms with Crippen molar-refractivity contribution >= 4 is 11.9 Å². The van der Waals surface area contributed by atoms with Gasteiger partial charge in [0.2, 0.25) is 5.91 Å². The first-order valence-electron chi connectivity index (χ1n) is 18.9. The third-order valence-corrected chi connectivity index (χ3v) is 12.0. The summed E-state index contributed by atoms with van der Waals surface area (Å²) >= 11 is 0. The number of piperidine rings is 1. The number of aryl methyl sites for hydroxylation is 2. The Morgan fingerprint density at radius 1 is 1.00 bits per heavy atom. The summed E-state index contributed by atoms with van der Waals surface area (Å²) in [6.07, 6.45) is 12.6. The minimum atomic E-state index is -0.443. The summed E-state index contributed by atoms with van der Waals surface area (Å²) in [6, 6.07) is 22.9. The van der Waals surface area contributed by atoms with E-state index in [1.165, 1.54) is 18.1 Å². The number of hydrogen-bond donors (Lipinski definition) is 1. The van der Waals surface area contributed by atoms with Crippen LogP contribution >= 0.6 is 0 Å². The zero-order chi connectivity index (χ0) is 34.7. The molecule has 1 spiro atoms. The molecular formula is C43H52N2O5. The number of ether oxygens (including phenoxy) is 2. The number of carbonyl (C=O) groups is 2.